The van der Waals surface area contributed by atoms with Crippen molar-refractivity contribution in [1.82, 2.24) is 4.98 Å². The Kier molecular flexibility index (Phi) is 6.92. The molecule has 124 valence electrons. The summed E-state index contributed by atoms with van der Waals surface area (Å²) in [6.07, 6.45) is 4.79. The van der Waals surface area contributed by atoms with Gasteiger partial charge in [-0.05, 0) is 44.4 Å². The third-order valence-corrected chi connectivity index (χ3v) is 3.35. The molecule has 1 aliphatic carbocycles. The number of carbonyl (C=O) groups is 1. The first kappa shape index (κ1) is 17.6. The van der Waals surface area contributed by atoms with E-state index in [-0.39, 0.29) is 6.61 Å². The number of hydrogen-bond acceptors (Lipinski definition) is 4. The van der Waals surface area contributed by atoms with Crippen LogP contribution in [-0.4, -0.2) is 24.2 Å². The van der Waals surface area contributed by atoms with Gasteiger partial charge in [0.2, 0.25) is 0 Å². The highest BCUT2D eigenvalue weighted by molar-refractivity contribution is 5.94. The van der Waals surface area contributed by atoms with E-state index in [4.69, 9.17) is 9.47 Å². The Balaban J connectivity index is 2.13. The standard InChI is InChI=1S/C20H21NO3/c1-3-5-7-14-23-19(16-11-12-16)18-17(10-9-13-21-18)20(22)24-15-8-6-4-2/h9-10,13H,7-8,11-12,14-15H2,1-2H3. The Hall–Kier alpha value is -2.72. The van der Waals surface area contributed by atoms with Gasteiger partial charge in [0.25, 0.3) is 0 Å². The van der Waals surface area contributed by atoms with Crippen LogP contribution in [0, 0.1) is 23.7 Å². The maximum absolute atomic E-state index is 12.3. The molecule has 1 heterocycles. The van der Waals surface area contributed by atoms with Crippen molar-refractivity contribution < 1.29 is 14.3 Å². The molecule has 0 aliphatic heterocycles. The third kappa shape index (κ3) is 5.18. The first-order valence-corrected chi connectivity index (χ1v) is 8.04. The Morgan fingerprint density at radius 1 is 1.12 bits per heavy atom. The van der Waals surface area contributed by atoms with Crippen LogP contribution in [-0.2, 0) is 9.47 Å². The van der Waals surface area contributed by atoms with E-state index in [0.717, 1.165) is 12.8 Å². The molecule has 0 N–H and O–H groups in total. The van der Waals surface area contributed by atoms with Gasteiger partial charge in [-0.3, -0.25) is 4.98 Å². The molecule has 0 amide bonds. The van der Waals surface area contributed by atoms with Crippen LogP contribution in [0.2, 0.25) is 0 Å². The van der Waals surface area contributed by atoms with Gasteiger partial charge in [-0.2, -0.15) is 0 Å². The molecular formula is C20H21NO3. The van der Waals surface area contributed by atoms with Crippen molar-refractivity contribution in [1.29, 1.82) is 0 Å². The lowest BCUT2D eigenvalue weighted by molar-refractivity contribution is 0.0512. The van der Waals surface area contributed by atoms with Crippen LogP contribution in [0.1, 0.15) is 55.6 Å². The van der Waals surface area contributed by atoms with Gasteiger partial charge >= 0.3 is 5.97 Å². The van der Waals surface area contributed by atoms with Gasteiger partial charge in [0.05, 0.1) is 12.2 Å². The zero-order chi connectivity index (χ0) is 17.2. The lowest BCUT2D eigenvalue weighted by atomic mass is 10.1. The molecule has 0 spiro atoms. The van der Waals surface area contributed by atoms with E-state index in [1.165, 1.54) is 5.57 Å². The zero-order valence-corrected chi connectivity index (χ0v) is 14.1. The number of rotatable bonds is 7. The minimum absolute atomic E-state index is 0.271. The average Bonchev–Trinajstić information content (AvgIpc) is 3.44. The van der Waals surface area contributed by atoms with E-state index in [1.54, 1.807) is 32.2 Å². The van der Waals surface area contributed by atoms with Crippen molar-refractivity contribution in [2.75, 3.05) is 13.2 Å². The van der Waals surface area contributed by atoms with E-state index in [0.29, 0.717) is 36.5 Å². The van der Waals surface area contributed by atoms with Crippen LogP contribution in [0.3, 0.4) is 0 Å². The number of esters is 1. The zero-order valence-electron chi connectivity index (χ0n) is 14.1. The van der Waals surface area contributed by atoms with Gasteiger partial charge in [-0.1, -0.05) is 0 Å². The van der Waals surface area contributed by atoms with Crippen LogP contribution in [0.15, 0.2) is 23.9 Å². The highest BCUT2D eigenvalue weighted by atomic mass is 16.5. The fourth-order valence-electron chi connectivity index (χ4n) is 2.11. The number of allylic oxidation sites excluding steroid dienone is 1. The summed E-state index contributed by atoms with van der Waals surface area (Å²) in [5.74, 6) is 11.8. The monoisotopic (exact) mass is 323 g/mol. The predicted molar refractivity (Wildman–Crippen MR) is 92.8 cm³/mol. The van der Waals surface area contributed by atoms with Gasteiger partial charge in [-0.15, -0.1) is 23.7 Å². The van der Waals surface area contributed by atoms with Gasteiger partial charge in [-0.25, -0.2) is 4.79 Å². The predicted octanol–water partition coefficient (Wildman–Crippen LogP) is 3.59. The van der Waals surface area contributed by atoms with Crippen molar-refractivity contribution in [3.8, 4) is 23.7 Å². The van der Waals surface area contributed by atoms with Crippen molar-refractivity contribution >= 4 is 11.7 Å². The first-order chi connectivity index (χ1) is 11.8. The second kappa shape index (κ2) is 9.43. The molecule has 0 saturated heterocycles. The van der Waals surface area contributed by atoms with Crippen LogP contribution in [0.5, 0.6) is 0 Å². The number of aromatic nitrogens is 1. The second-order valence-corrected chi connectivity index (χ2v) is 5.17. The van der Waals surface area contributed by atoms with Crippen LogP contribution in [0.4, 0.5) is 0 Å². The summed E-state index contributed by atoms with van der Waals surface area (Å²) in [6, 6.07) is 3.44. The van der Waals surface area contributed by atoms with Crippen molar-refractivity contribution in [3.63, 3.8) is 0 Å². The largest absolute Gasteiger partial charge is 0.490 e. The third-order valence-electron chi connectivity index (χ3n) is 3.35. The van der Waals surface area contributed by atoms with Crippen LogP contribution in [0.25, 0.3) is 5.76 Å². The summed E-state index contributed by atoms with van der Waals surface area (Å²) in [7, 11) is 0. The van der Waals surface area contributed by atoms with E-state index in [2.05, 4.69) is 28.7 Å². The molecule has 1 aliphatic rings. The maximum Gasteiger partial charge on any atom is 0.340 e. The second-order valence-electron chi connectivity index (χ2n) is 5.17. The summed E-state index contributed by atoms with van der Waals surface area (Å²) in [4.78, 5) is 16.7. The quantitative estimate of drug-likeness (QED) is 0.333. The summed E-state index contributed by atoms with van der Waals surface area (Å²) in [5.41, 5.74) is 2.17. The highest BCUT2D eigenvalue weighted by Gasteiger charge is 2.25. The lowest BCUT2D eigenvalue weighted by Gasteiger charge is -2.12. The lowest BCUT2D eigenvalue weighted by Crippen LogP contribution is -2.11. The molecule has 0 radical (unpaired) electrons. The van der Waals surface area contributed by atoms with Crippen molar-refractivity contribution in [2.45, 2.75) is 39.5 Å². The SMILES string of the molecule is CC#CCCOC(=O)c1cccnc1C(OCCC#CC)=C1CC1. The first-order valence-electron chi connectivity index (χ1n) is 8.04. The summed E-state index contributed by atoms with van der Waals surface area (Å²) in [5, 5.41) is 0. The highest BCUT2D eigenvalue weighted by Crippen LogP contribution is 2.37. The van der Waals surface area contributed by atoms with Crippen molar-refractivity contribution in [3.05, 3.63) is 35.2 Å². The molecule has 0 unspecified atom stereocenters. The molecule has 1 aromatic rings. The Morgan fingerprint density at radius 3 is 2.42 bits per heavy atom. The number of carbonyl (C=O) groups excluding carboxylic acids is 1. The van der Waals surface area contributed by atoms with E-state index in [9.17, 15) is 4.79 Å². The maximum atomic E-state index is 12.3. The average molecular weight is 323 g/mol. The Morgan fingerprint density at radius 2 is 1.79 bits per heavy atom. The molecule has 1 fully saturated rings. The molecule has 0 atom stereocenters. The van der Waals surface area contributed by atoms with E-state index in [1.807, 2.05) is 0 Å². The molecule has 24 heavy (non-hydrogen) atoms. The molecule has 1 aromatic heterocycles. The summed E-state index contributed by atoms with van der Waals surface area (Å²) < 4.78 is 11.2. The van der Waals surface area contributed by atoms with Crippen LogP contribution >= 0.6 is 0 Å². The molecule has 0 bridgehead atoms. The molecule has 4 heteroatoms. The normalized spacial score (nSPS) is 11.5. The number of ether oxygens (including phenoxy) is 2. The van der Waals surface area contributed by atoms with Crippen LogP contribution < -0.4 is 0 Å². The van der Waals surface area contributed by atoms with Gasteiger partial charge in [0.15, 0.2) is 0 Å². The number of hydrogen-bond donors (Lipinski definition) is 0. The van der Waals surface area contributed by atoms with Gasteiger partial charge in [0.1, 0.15) is 18.1 Å². The summed E-state index contributed by atoms with van der Waals surface area (Å²) in [6.45, 7) is 4.31. The minimum atomic E-state index is -0.397. The number of nitrogens with zero attached hydrogens (tertiary/aromatic N) is 1. The summed E-state index contributed by atoms with van der Waals surface area (Å²) >= 11 is 0. The topological polar surface area (TPSA) is 48.4 Å². The fourth-order valence-corrected chi connectivity index (χ4v) is 2.11. The van der Waals surface area contributed by atoms with Gasteiger partial charge in [0, 0.05) is 19.0 Å². The molecule has 4 nitrogen and oxygen atoms in total. The van der Waals surface area contributed by atoms with E-state index >= 15 is 0 Å². The number of pyridine rings is 1. The molecule has 1 saturated carbocycles. The fraction of sp³-hybridized carbons (Fsp3) is 0.400. The molecule has 2 rings (SSSR count). The van der Waals surface area contributed by atoms with Crippen molar-refractivity contribution in [2.24, 2.45) is 0 Å². The molecule has 0 aromatic carbocycles. The smallest absolute Gasteiger partial charge is 0.340 e. The minimum Gasteiger partial charge on any atom is -0.490 e. The van der Waals surface area contributed by atoms with Gasteiger partial charge < -0.3 is 9.47 Å². The molecular weight excluding hydrogens is 302 g/mol. The van der Waals surface area contributed by atoms with E-state index < -0.39 is 5.97 Å². The Bertz CT molecular complexity index is 735. The Labute approximate surface area is 143 Å².